The Morgan fingerprint density at radius 3 is 3.04 bits per heavy atom. The van der Waals surface area contributed by atoms with Crippen LogP contribution in [-0.2, 0) is 6.54 Å². The van der Waals surface area contributed by atoms with E-state index in [4.69, 9.17) is 9.95 Å². The van der Waals surface area contributed by atoms with Crippen molar-refractivity contribution < 1.29 is 4.42 Å². The van der Waals surface area contributed by atoms with E-state index in [1.54, 1.807) is 0 Å². The van der Waals surface area contributed by atoms with E-state index in [-0.39, 0.29) is 18.1 Å². The molecule has 1 fully saturated rings. The molecule has 0 N–H and O–H groups in total. The van der Waals surface area contributed by atoms with Crippen molar-refractivity contribution in [1.29, 1.82) is 0 Å². The molecule has 7 nitrogen and oxygen atoms in total. The second-order valence-electron chi connectivity index (χ2n) is 5.69. The zero-order chi connectivity index (χ0) is 16.1. The van der Waals surface area contributed by atoms with Crippen LogP contribution in [0.2, 0.25) is 0 Å². The van der Waals surface area contributed by atoms with Crippen molar-refractivity contribution in [3.63, 3.8) is 0 Å². The van der Waals surface area contributed by atoms with E-state index >= 15 is 0 Å². The maximum atomic E-state index is 12.8. The second kappa shape index (κ2) is 5.11. The summed E-state index contributed by atoms with van der Waals surface area (Å²) in [5.41, 5.74) is 11.9. The van der Waals surface area contributed by atoms with Gasteiger partial charge in [-0.15, -0.1) is 0 Å². The molecule has 0 aliphatic heterocycles. The van der Waals surface area contributed by atoms with E-state index < -0.39 is 0 Å². The first kappa shape index (κ1) is 14.3. The lowest BCUT2D eigenvalue weighted by Gasteiger charge is -2.15. The normalized spacial score (nSPS) is 14.3. The molecular formula is C15H12BrN5O2. The molecule has 0 unspecified atom stereocenters. The zero-order valence-electron chi connectivity index (χ0n) is 12.3. The van der Waals surface area contributed by atoms with Crippen LogP contribution in [0.25, 0.3) is 32.4 Å². The minimum Gasteiger partial charge on any atom is -0.443 e. The molecule has 8 heteroatoms. The lowest BCUT2D eigenvalue weighted by atomic mass is 10.0. The Morgan fingerprint density at radius 2 is 2.35 bits per heavy atom. The molecule has 1 aliphatic rings. The number of aryl methyl sites for hydroxylation is 1. The summed E-state index contributed by atoms with van der Waals surface area (Å²) >= 11 is 3.55. The third-order valence-corrected chi connectivity index (χ3v) is 5.07. The predicted molar refractivity (Wildman–Crippen MR) is 89.3 cm³/mol. The molecule has 3 aromatic rings. The smallest absolute Gasteiger partial charge is 0.281 e. The van der Waals surface area contributed by atoms with Crippen molar-refractivity contribution >= 4 is 37.9 Å². The summed E-state index contributed by atoms with van der Waals surface area (Å²) in [7, 11) is 0. The fraction of sp³-hybridized carbons (Fsp3) is 0.333. The van der Waals surface area contributed by atoms with Gasteiger partial charge in [0.05, 0.1) is 12.1 Å². The first-order valence-corrected chi connectivity index (χ1v) is 8.03. The summed E-state index contributed by atoms with van der Waals surface area (Å²) in [6.45, 7) is 2.15. The summed E-state index contributed by atoms with van der Waals surface area (Å²) in [5.74, 6) is 0. The molecule has 4 rings (SSSR count). The van der Waals surface area contributed by atoms with Crippen LogP contribution in [0.3, 0.4) is 0 Å². The van der Waals surface area contributed by atoms with Crippen LogP contribution >= 0.6 is 15.9 Å². The van der Waals surface area contributed by atoms with Gasteiger partial charge in [-0.3, -0.25) is 4.79 Å². The summed E-state index contributed by atoms with van der Waals surface area (Å²) in [5, 5.41) is 4.48. The van der Waals surface area contributed by atoms with E-state index in [0.29, 0.717) is 11.1 Å². The monoisotopic (exact) mass is 373 g/mol. The molecular weight excluding hydrogens is 362 g/mol. The Bertz CT molecular complexity index is 1060. The number of benzene rings is 1. The van der Waals surface area contributed by atoms with Gasteiger partial charge in [-0.25, -0.2) is 4.98 Å². The Labute approximate surface area is 138 Å². The Kier molecular flexibility index (Phi) is 3.18. The highest BCUT2D eigenvalue weighted by Gasteiger charge is 2.30. The SMILES string of the molecule is Cc1c(Br)cc(CN=[N+]=[N-])c2c3ocnc3c(=O)n(C3CC3)c12. The topological polar surface area (TPSA) is 96.8 Å². The number of halogens is 1. The first-order valence-electron chi connectivity index (χ1n) is 7.23. The molecule has 23 heavy (non-hydrogen) atoms. The molecule has 0 saturated heterocycles. The second-order valence-corrected chi connectivity index (χ2v) is 6.55. The third-order valence-electron chi connectivity index (χ3n) is 4.25. The van der Waals surface area contributed by atoms with E-state index in [1.807, 2.05) is 17.6 Å². The van der Waals surface area contributed by atoms with Crippen molar-refractivity contribution in [2.24, 2.45) is 5.11 Å². The molecule has 1 saturated carbocycles. The van der Waals surface area contributed by atoms with E-state index in [1.165, 1.54) is 6.39 Å². The molecule has 0 atom stereocenters. The van der Waals surface area contributed by atoms with Gasteiger partial charge in [-0.1, -0.05) is 21.0 Å². The van der Waals surface area contributed by atoms with Crippen molar-refractivity contribution in [3.8, 4) is 0 Å². The highest BCUT2D eigenvalue weighted by atomic mass is 79.9. The molecule has 0 spiro atoms. The average Bonchev–Trinajstić information content (AvgIpc) is 3.25. The number of aromatic nitrogens is 2. The Morgan fingerprint density at radius 1 is 1.57 bits per heavy atom. The van der Waals surface area contributed by atoms with Crippen molar-refractivity contribution in [2.75, 3.05) is 0 Å². The van der Waals surface area contributed by atoms with Crippen LogP contribution in [-0.4, -0.2) is 9.55 Å². The molecule has 2 heterocycles. The van der Waals surface area contributed by atoms with Crippen LogP contribution in [0.15, 0.2) is 31.3 Å². The van der Waals surface area contributed by atoms with E-state index in [0.717, 1.165) is 39.3 Å². The van der Waals surface area contributed by atoms with Gasteiger partial charge < -0.3 is 8.98 Å². The summed E-state index contributed by atoms with van der Waals surface area (Å²) < 4.78 is 8.20. The first-order chi connectivity index (χ1) is 11.1. The maximum Gasteiger partial charge on any atom is 0.281 e. The highest BCUT2D eigenvalue weighted by Crippen LogP contribution is 2.40. The van der Waals surface area contributed by atoms with Gasteiger partial charge in [0.25, 0.3) is 5.56 Å². The number of azide groups is 1. The summed E-state index contributed by atoms with van der Waals surface area (Å²) in [6, 6.07) is 2.11. The van der Waals surface area contributed by atoms with Crippen molar-refractivity contribution in [2.45, 2.75) is 32.4 Å². The number of fused-ring (bicyclic) bond motifs is 3. The van der Waals surface area contributed by atoms with Gasteiger partial charge in [0.1, 0.15) is 0 Å². The molecule has 116 valence electrons. The van der Waals surface area contributed by atoms with Crippen LogP contribution in [0.4, 0.5) is 0 Å². The van der Waals surface area contributed by atoms with E-state index in [2.05, 4.69) is 30.9 Å². The average molecular weight is 374 g/mol. The van der Waals surface area contributed by atoms with Crippen LogP contribution in [0.1, 0.15) is 30.0 Å². The minimum atomic E-state index is -0.125. The van der Waals surface area contributed by atoms with Crippen molar-refractivity contribution in [3.05, 3.63) is 48.9 Å². The van der Waals surface area contributed by atoms with Gasteiger partial charge >= 0.3 is 0 Å². The molecule has 1 aromatic carbocycles. The fourth-order valence-electron chi connectivity index (χ4n) is 3.05. The lowest BCUT2D eigenvalue weighted by Crippen LogP contribution is -2.21. The molecule has 0 radical (unpaired) electrons. The number of rotatable bonds is 3. The van der Waals surface area contributed by atoms with E-state index in [9.17, 15) is 4.79 Å². The Hall–Kier alpha value is -2.31. The van der Waals surface area contributed by atoms with Gasteiger partial charge in [-0.2, -0.15) is 0 Å². The molecule has 2 aromatic heterocycles. The standard InChI is InChI=1S/C15H12BrN5O2/c1-7-10(16)4-8(5-19-20-17)11-13(7)21(9-2-3-9)15(22)12-14(11)23-6-18-12/h4,6,9H,2-3,5H2,1H3. The van der Waals surface area contributed by atoms with Gasteiger partial charge in [0.2, 0.25) is 0 Å². The number of nitrogens with zero attached hydrogens (tertiary/aromatic N) is 5. The minimum absolute atomic E-state index is 0.125. The van der Waals surface area contributed by atoms with Gasteiger partial charge in [0, 0.05) is 20.8 Å². The van der Waals surface area contributed by atoms with Crippen LogP contribution in [0.5, 0.6) is 0 Å². The largest absolute Gasteiger partial charge is 0.443 e. The number of hydrogen-bond acceptors (Lipinski definition) is 4. The van der Waals surface area contributed by atoms with Crippen molar-refractivity contribution in [1.82, 2.24) is 9.55 Å². The summed E-state index contributed by atoms with van der Waals surface area (Å²) in [4.78, 5) is 19.8. The molecule has 1 aliphatic carbocycles. The number of oxazole rings is 1. The van der Waals surface area contributed by atoms with Crippen LogP contribution < -0.4 is 5.56 Å². The molecule has 0 amide bonds. The number of hydrogen-bond donors (Lipinski definition) is 0. The predicted octanol–water partition coefficient (Wildman–Crippen LogP) is 4.36. The van der Waals surface area contributed by atoms with Gasteiger partial charge in [-0.05, 0) is 42.5 Å². The maximum absolute atomic E-state index is 12.8. The molecule has 0 bridgehead atoms. The third kappa shape index (κ3) is 2.06. The quantitative estimate of drug-likeness (QED) is 0.387. The zero-order valence-corrected chi connectivity index (χ0v) is 13.9. The Balaban J connectivity index is 2.27. The number of pyridine rings is 1. The van der Waals surface area contributed by atoms with Crippen LogP contribution in [0, 0.1) is 6.92 Å². The lowest BCUT2D eigenvalue weighted by molar-refractivity contribution is 0.604. The fourth-order valence-corrected chi connectivity index (χ4v) is 3.51. The van der Waals surface area contributed by atoms with Gasteiger partial charge in [0.15, 0.2) is 17.5 Å². The highest BCUT2D eigenvalue weighted by molar-refractivity contribution is 9.10. The summed E-state index contributed by atoms with van der Waals surface area (Å²) in [6.07, 6.45) is 3.25.